The zero-order valence-corrected chi connectivity index (χ0v) is 12.4. The molecule has 5 heteroatoms. The SMILES string of the molecule is COC1C=C(Br)C(OC)(OC)c2nc(C)ccc21. The van der Waals surface area contributed by atoms with Crippen LogP contribution in [-0.4, -0.2) is 26.3 Å². The molecule has 1 aromatic heterocycles. The number of aromatic nitrogens is 1. The Kier molecular flexibility index (Phi) is 3.87. The van der Waals surface area contributed by atoms with Crippen LogP contribution in [0.5, 0.6) is 0 Å². The molecular formula is C13H16BrNO3. The topological polar surface area (TPSA) is 40.6 Å². The number of pyridine rings is 1. The Bertz CT molecular complexity index is 483. The number of halogens is 1. The van der Waals surface area contributed by atoms with Gasteiger partial charge in [0.1, 0.15) is 11.8 Å². The van der Waals surface area contributed by atoms with Crippen LogP contribution in [0.1, 0.15) is 23.1 Å². The van der Waals surface area contributed by atoms with Crippen LogP contribution in [0.15, 0.2) is 22.7 Å². The first kappa shape index (κ1) is 13.7. The fourth-order valence-electron chi connectivity index (χ4n) is 2.17. The molecule has 1 aliphatic rings. The van der Waals surface area contributed by atoms with Gasteiger partial charge in [0.15, 0.2) is 0 Å². The summed E-state index contributed by atoms with van der Waals surface area (Å²) in [6.07, 6.45) is 1.77. The molecule has 0 saturated heterocycles. The highest BCUT2D eigenvalue weighted by atomic mass is 79.9. The normalized spacial score (nSPS) is 21.4. The maximum absolute atomic E-state index is 5.56. The summed E-state index contributed by atoms with van der Waals surface area (Å²) in [6.45, 7) is 1.93. The molecule has 0 aromatic carbocycles. The van der Waals surface area contributed by atoms with Gasteiger partial charge in [-0.05, 0) is 35.0 Å². The van der Waals surface area contributed by atoms with E-state index in [0.717, 1.165) is 21.4 Å². The molecule has 1 unspecified atom stereocenters. The standard InChI is InChI=1S/C13H16BrNO3/c1-8-5-6-9-10(16-2)7-11(14)13(17-3,18-4)12(9)15-8/h5-7,10H,1-4H3. The van der Waals surface area contributed by atoms with Crippen LogP contribution in [0.3, 0.4) is 0 Å². The van der Waals surface area contributed by atoms with Gasteiger partial charge < -0.3 is 14.2 Å². The molecule has 0 spiro atoms. The molecule has 0 amide bonds. The van der Waals surface area contributed by atoms with Crippen LogP contribution >= 0.6 is 15.9 Å². The smallest absolute Gasteiger partial charge is 0.246 e. The molecule has 4 nitrogen and oxygen atoms in total. The van der Waals surface area contributed by atoms with Crippen LogP contribution in [0, 0.1) is 6.92 Å². The van der Waals surface area contributed by atoms with Gasteiger partial charge in [-0.1, -0.05) is 6.07 Å². The summed E-state index contributed by atoms with van der Waals surface area (Å²) in [7, 11) is 4.86. The van der Waals surface area contributed by atoms with E-state index in [1.807, 2.05) is 25.1 Å². The average Bonchev–Trinajstić information content (AvgIpc) is 2.38. The number of aryl methyl sites for hydroxylation is 1. The third kappa shape index (κ3) is 1.91. The summed E-state index contributed by atoms with van der Waals surface area (Å²) in [5, 5.41) is 0. The van der Waals surface area contributed by atoms with E-state index in [0.29, 0.717) is 0 Å². The van der Waals surface area contributed by atoms with E-state index in [4.69, 9.17) is 14.2 Å². The molecule has 2 rings (SSSR count). The summed E-state index contributed by atoms with van der Waals surface area (Å²) in [6, 6.07) is 3.95. The predicted octanol–water partition coefficient (Wildman–Crippen LogP) is 2.82. The van der Waals surface area contributed by atoms with Crippen molar-refractivity contribution in [3.8, 4) is 0 Å². The third-order valence-electron chi connectivity index (χ3n) is 3.12. The third-order valence-corrected chi connectivity index (χ3v) is 3.91. The molecular weight excluding hydrogens is 298 g/mol. The molecule has 0 fully saturated rings. The van der Waals surface area contributed by atoms with Crippen molar-refractivity contribution in [2.45, 2.75) is 18.8 Å². The zero-order valence-electron chi connectivity index (χ0n) is 10.9. The van der Waals surface area contributed by atoms with Crippen LogP contribution in [0.2, 0.25) is 0 Å². The molecule has 1 aromatic rings. The summed E-state index contributed by atoms with van der Waals surface area (Å²) in [5.41, 5.74) is 2.59. The summed E-state index contributed by atoms with van der Waals surface area (Å²) < 4.78 is 17.3. The number of hydrogen-bond donors (Lipinski definition) is 0. The Balaban J connectivity index is 2.68. The van der Waals surface area contributed by atoms with Gasteiger partial charge in [-0.3, -0.25) is 4.98 Å². The number of hydrogen-bond acceptors (Lipinski definition) is 4. The Labute approximate surface area is 115 Å². The molecule has 1 heterocycles. The lowest BCUT2D eigenvalue weighted by atomic mass is 9.94. The Morgan fingerprint density at radius 1 is 1.22 bits per heavy atom. The van der Waals surface area contributed by atoms with E-state index >= 15 is 0 Å². The predicted molar refractivity (Wildman–Crippen MR) is 71.4 cm³/mol. The minimum Gasteiger partial charge on any atom is -0.373 e. The maximum Gasteiger partial charge on any atom is 0.246 e. The van der Waals surface area contributed by atoms with Crippen molar-refractivity contribution >= 4 is 15.9 Å². The van der Waals surface area contributed by atoms with Crippen molar-refractivity contribution in [2.75, 3.05) is 21.3 Å². The van der Waals surface area contributed by atoms with E-state index in [1.165, 1.54) is 0 Å². The molecule has 98 valence electrons. The summed E-state index contributed by atoms with van der Waals surface area (Å²) in [5.74, 6) is -0.990. The second kappa shape index (κ2) is 5.09. The highest BCUT2D eigenvalue weighted by Gasteiger charge is 2.44. The number of methoxy groups -OCH3 is 3. The molecule has 0 N–H and O–H groups in total. The molecule has 0 aliphatic heterocycles. The highest BCUT2D eigenvalue weighted by Crippen LogP contribution is 2.45. The van der Waals surface area contributed by atoms with Gasteiger partial charge >= 0.3 is 0 Å². The lowest BCUT2D eigenvalue weighted by Crippen LogP contribution is -2.37. The Hall–Kier alpha value is -0.750. The first-order valence-electron chi connectivity index (χ1n) is 5.58. The Morgan fingerprint density at radius 3 is 2.44 bits per heavy atom. The monoisotopic (exact) mass is 313 g/mol. The van der Waals surface area contributed by atoms with Gasteiger partial charge in [0.05, 0.1) is 4.48 Å². The minimum atomic E-state index is -0.990. The maximum atomic E-state index is 5.56. The molecule has 0 bridgehead atoms. The molecule has 18 heavy (non-hydrogen) atoms. The van der Waals surface area contributed by atoms with Gasteiger partial charge in [0.25, 0.3) is 0 Å². The Morgan fingerprint density at radius 2 is 1.89 bits per heavy atom. The molecule has 0 radical (unpaired) electrons. The minimum absolute atomic E-state index is 0.152. The van der Waals surface area contributed by atoms with Crippen molar-refractivity contribution in [3.05, 3.63) is 39.6 Å². The number of fused-ring (bicyclic) bond motifs is 1. The second-order valence-corrected chi connectivity index (χ2v) is 4.94. The number of rotatable bonds is 3. The first-order valence-corrected chi connectivity index (χ1v) is 6.37. The van der Waals surface area contributed by atoms with Gasteiger partial charge in [-0.25, -0.2) is 0 Å². The fraction of sp³-hybridized carbons (Fsp3) is 0.462. The van der Waals surface area contributed by atoms with Crippen molar-refractivity contribution in [1.82, 2.24) is 4.98 Å². The second-order valence-electron chi connectivity index (χ2n) is 4.09. The fourth-order valence-corrected chi connectivity index (χ4v) is 2.92. The van der Waals surface area contributed by atoms with Crippen molar-refractivity contribution in [2.24, 2.45) is 0 Å². The van der Waals surface area contributed by atoms with Crippen molar-refractivity contribution in [1.29, 1.82) is 0 Å². The summed E-state index contributed by atoms with van der Waals surface area (Å²) >= 11 is 3.50. The van der Waals surface area contributed by atoms with Crippen LogP contribution in [0.25, 0.3) is 0 Å². The van der Waals surface area contributed by atoms with E-state index in [-0.39, 0.29) is 6.10 Å². The highest BCUT2D eigenvalue weighted by molar-refractivity contribution is 9.11. The van der Waals surface area contributed by atoms with Crippen molar-refractivity contribution in [3.63, 3.8) is 0 Å². The van der Waals surface area contributed by atoms with E-state index < -0.39 is 5.79 Å². The van der Waals surface area contributed by atoms with E-state index in [9.17, 15) is 0 Å². The lowest BCUT2D eigenvalue weighted by Gasteiger charge is -2.36. The van der Waals surface area contributed by atoms with E-state index in [1.54, 1.807) is 21.3 Å². The van der Waals surface area contributed by atoms with E-state index in [2.05, 4.69) is 20.9 Å². The molecule has 0 saturated carbocycles. The van der Waals surface area contributed by atoms with Gasteiger partial charge in [0.2, 0.25) is 5.79 Å². The van der Waals surface area contributed by atoms with Crippen LogP contribution < -0.4 is 0 Å². The largest absolute Gasteiger partial charge is 0.373 e. The van der Waals surface area contributed by atoms with Gasteiger partial charge in [-0.2, -0.15) is 0 Å². The number of ether oxygens (including phenoxy) is 3. The first-order chi connectivity index (χ1) is 8.58. The van der Waals surface area contributed by atoms with Crippen LogP contribution in [-0.2, 0) is 20.0 Å². The van der Waals surface area contributed by atoms with Crippen LogP contribution in [0.4, 0.5) is 0 Å². The molecule has 1 atom stereocenters. The lowest BCUT2D eigenvalue weighted by molar-refractivity contribution is -0.186. The van der Waals surface area contributed by atoms with Gasteiger partial charge in [0, 0.05) is 32.6 Å². The number of nitrogens with zero attached hydrogens (tertiary/aromatic N) is 1. The zero-order chi connectivity index (χ0) is 13.3. The average molecular weight is 314 g/mol. The molecule has 1 aliphatic carbocycles. The van der Waals surface area contributed by atoms with Gasteiger partial charge in [-0.15, -0.1) is 0 Å². The summed E-state index contributed by atoms with van der Waals surface area (Å²) in [4.78, 5) is 4.56. The van der Waals surface area contributed by atoms with Crippen molar-refractivity contribution < 1.29 is 14.2 Å². The quantitative estimate of drug-likeness (QED) is 0.805.